The molecule has 110 valence electrons. The lowest BCUT2D eigenvalue weighted by atomic mass is 9.77. The molecule has 1 aliphatic rings. The highest BCUT2D eigenvalue weighted by atomic mass is 19.3. The Bertz CT molecular complexity index is 566. The van der Waals surface area contributed by atoms with Crippen molar-refractivity contribution in [2.24, 2.45) is 0 Å². The van der Waals surface area contributed by atoms with Gasteiger partial charge in [0.05, 0.1) is 0 Å². The summed E-state index contributed by atoms with van der Waals surface area (Å²) in [4.78, 5) is 0. The lowest BCUT2D eigenvalue weighted by molar-refractivity contribution is 0.151. The van der Waals surface area contributed by atoms with Crippen LogP contribution in [0.4, 0.5) is 8.78 Å². The molecule has 2 aromatic rings. The molecule has 0 amide bonds. The van der Waals surface area contributed by atoms with E-state index < -0.39 is 6.43 Å². The van der Waals surface area contributed by atoms with Gasteiger partial charge in [-0.1, -0.05) is 54.6 Å². The van der Waals surface area contributed by atoms with E-state index >= 15 is 0 Å². The fourth-order valence-corrected chi connectivity index (χ4v) is 3.20. The number of benzene rings is 2. The summed E-state index contributed by atoms with van der Waals surface area (Å²) in [6.45, 7) is 1.91. The zero-order chi connectivity index (χ0) is 14.7. The Labute approximate surface area is 124 Å². The number of hydrogen-bond donors (Lipinski definition) is 1. The van der Waals surface area contributed by atoms with Crippen molar-refractivity contribution in [1.82, 2.24) is 5.32 Å². The largest absolute Gasteiger partial charge is 0.316 e. The molecular formula is C18H19F2N. The summed E-state index contributed by atoms with van der Waals surface area (Å²) in [5, 5.41) is 3.44. The number of hydrogen-bond acceptors (Lipinski definition) is 1. The van der Waals surface area contributed by atoms with Crippen LogP contribution in [0.3, 0.4) is 0 Å². The van der Waals surface area contributed by atoms with Gasteiger partial charge in [0.2, 0.25) is 0 Å². The lowest BCUT2D eigenvalue weighted by Crippen LogP contribution is -2.34. The van der Waals surface area contributed by atoms with Gasteiger partial charge in [-0.15, -0.1) is 0 Å². The Balaban J connectivity index is 1.87. The van der Waals surface area contributed by atoms with E-state index in [0.29, 0.717) is 11.8 Å². The number of nitrogens with one attached hydrogen (secondary N) is 1. The van der Waals surface area contributed by atoms with Gasteiger partial charge in [-0.25, -0.2) is 8.78 Å². The minimum Gasteiger partial charge on any atom is -0.316 e. The summed E-state index contributed by atoms with van der Waals surface area (Å²) < 4.78 is 25.3. The van der Waals surface area contributed by atoms with Gasteiger partial charge in [0.1, 0.15) is 0 Å². The first-order valence-electron chi connectivity index (χ1n) is 7.39. The fraction of sp³-hybridized carbons (Fsp3) is 0.333. The fourth-order valence-electron chi connectivity index (χ4n) is 3.20. The second kappa shape index (κ2) is 6.35. The maximum Gasteiger partial charge on any atom is 0.263 e. The van der Waals surface area contributed by atoms with Crippen molar-refractivity contribution in [3.63, 3.8) is 0 Å². The van der Waals surface area contributed by atoms with Crippen LogP contribution >= 0.6 is 0 Å². The summed E-state index contributed by atoms with van der Waals surface area (Å²) in [7, 11) is 0. The molecule has 1 fully saturated rings. The molecule has 1 N–H and O–H groups in total. The van der Waals surface area contributed by atoms with Gasteiger partial charge in [0, 0.05) is 18.0 Å². The van der Waals surface area contributed by atoms with Gasteiger partial charge in [0.25, 0.3) is 6.43 Å². The normalized spacial score (nSPS) is 22.4. The number of piperidine rings is 1. The quantitative estimate of drug-likeness (QED) is 0.877. The van der Waals surface area contributed by atoms with E-state index in [1.54, 1.807) is 12.1 Å². The van der Waals surface area contributed by atoms with Crippen molar-refractivity contribution in [3.8, 4) is 0 Å². The summed E-state index contributed by atoms with van der Waals surface area (Å²) in [5.74, 6) is 0.790. The zero-order valence-electron chi connectivity index (χ0n) is 11.8. The Morgan fingerprint density at radius 2 is 1.52 bits per heavy atom. The van der Waals surface area contributed by atoms with Crippen molar-refractivity contribution < 1.29 is 8.78 Å². The predicted octanol–water partition coefficient (Wildman–Crippen LogP) is 4.48. The van der Waals surface area contributed by atoms with Crippen LogP contribution in [0.5, 0.6) is 0 Å². The van der Waals surface area contributed by atoms with E-state index in [2.05, 4.69) is 29.6 Å². The molecule has 2 aromatic carbocycles. The van der Waals surface area contributed by atoms with Gasteiger partial charge >= 0.3 is 0 Å². The second-order valence-corrected chi connectivity index (χ2v) is 5.58. The maximum atomic E-state index is 12.7. The molecule has 1 heterocycles. The molecule has 1 nitrogen and oxygen atoms in total. The van der Waals surface area contributed by atoms with Gasteiger partial charge in [-0.3, -0.25) is 0 Å². The minimum absolute atomic E-state index is 0.101. The van der Waals surface area contributed by atoms with Gasteiger partial charge < -0.3 is 5.32 Å². The number of alkyl halides is 2. The molecule has 3 heteroatoms. The van der Waals surface area contributed by atoms with Crippen LogP contribution < -0.4 is 5.32 Å². The number of halogens is 2. The van der Waals surface area contributed by atoms with Crippen LogP contribution in [0.15, 0.2) is 54.6 Å². The highest BCUT2D eigenvalue weighted by Gasteiger charge is 2.27. The third-order valence-corrected chi connectivity index (χ3v) is 4.33. The van der Waals surface area contributed by atoms with E-state index in [-0.39, 0.29) is 5.56 Å². The van der Waals surface area contributed by atoms with Crippen molar-refractivity contribution in [2.45, 2.75) is 24.7 Å². The zero-order valence-corrected chi connectivity index (χ0v) is 11.8. The molecule has 0 saturated carbocycles. The van der Waals surface area contributed by atoms with Crippen LogP contribution in [0.1, 0.15) is 41.4 Å². The first kappa shape index (κ1) is 14.2. The molecular weight excluding hydrogens is 268 g/mol. The summed E-state index contributed by atoms with van der Waals surface area (Å²) >= 11 is 0. The molecule has 0 aliphatic carbocycles. The van der Waals surface area contributed by atoms with Gasteiger partial charge in [-0.2, -0.15) is 0 Å². The minimum atomic E-state index is -2.39. The summed E-state index contributed by atoms with van der Waals surface area (Å²) in [5.41, 5.74) is 2.58. The lowest BCUT2D eigenvalue weighted by Gasteiger charge is -2.33. The van der Waals surface area contributed by atoms with Crippen LogP contribution in [0.25, 0.3) is 0 Å². The maximum absolute atomic E-state index is 12.7. The van der Waals surface area contributed by atoms with Crippen molar-refractivity contribution in [2.75, 3.05) is 13.1 Å². The van der Waals surface area contributed by atoms with Crippen LogP contribution in [-0.4, -0.2) is 13.1 Å². The first-order chi connectivity index (χ1) is 10.3. The molecule has 0 aromatic heterocycles. The molecule has 2 atom stereocenters. The Hall–Kier alpha value is -1.74. The van der Waals surface area contributed by atoms with E-state index in [9.17, 15) is 8.78 Å². The molecule has 1 saturated heterocycles. The molecule has 3 rings (SSSR count). The summed E-state index contributed by atoms with van der Waals surface area (Å²) in [6.07, 6.45) is -1.36. The van der Waals surface area contributed by atoms with E-state index in [0.717, 1.165) is 25.1 Å². The van der Waals surface area contributed by atoms with Crippen molar-refractivity contribution in [3.05, 3.63) is 71.3 Å². The standard InChI is InChI=1S/C18H19F2N/c19-18(20)15-8-6-14(7-9-15)16-10-11-21-12-17(16)13-4-2-1-3-5-13/h1-9,16-18,21H,10-12H2. The van der Waals surface area contributed by atoms with E-state index in [4.69, 9.17) is 0 Å². The van der Waals surface area contributed by atoms with Crippen molar-refractivity contribution >= 4 is 0 Å². The highest BCUT2D eigenvalue weighted by molar-refractivity contribution is 5.32. The second-order valence-electron chi connectivity index (χ2n) is 5.58. The topological polar surface area (TPSA) is 12.0 Å². The SMILES string of the molecule is FC(F)c1ccc(C2CCNCC2c2ccccc2)cc1. The Morgan fingerprint density at radius 1 is 0.857 bits per heavy atom. The van der Waals surface area contributed by atoms with Crippen LogP contribution in [0.2, 0.25) is 0 Å². The number of rotatable bonds is 3. The predicted molar refractivity (Wildman–Crippen MR) is 80.8 cm³/mol. The Kier molecular flexibility index (Phi) is 4.30. The van der Waals surface area contributed by atoms with Crippen LogP contribution in [-0.2, 0) is 0 Å². The van der Waals surface area contributed by atoms with E-state index in [1.807, 2.05) is 18.2 Å². The van der Waals surface area contributed by atoms with Gasteiger partial charge in [0.15, 0.2) is 0 Å². The third kappa shape index (κ3) is 3.13. The Morgan fingerprint density at radius 3 is 2.19 bits per heavy atom. The molecule has 21 heavy (non-hydrogen) atoms. The monoisotopic (exact) mass is 287 g/mol. The summed E-state index contributed by atoms with van der Waals surface area (Å²) in [6, 6.07) is 17.3. The average Bonchev–Trinajstić information content (AvgIpc) is 2.56. The molecule has 2 unspecified atom stereocenters. The highest BCUT2D eigenvalue weighted by Crippen LogP contribution is 2.37. The van der Waals surface area contributed by atoms with Crippen molar-refractivity contribution in [1.29, 1.82) is 0 Å². The van der Waals surface area contributed by atoms with Crippen LogP contribution in [0, 0.1) is 0 Å². The van der Waals surface area contributed by atoms with E-state index in [1.165, 1.54) is 5.56 Å². The molecule has 0 bridgehead atoms. The first-order valence-corrected chi connectivity index (χ1v) is 7.39. The smallest absolute Gasteiger partial charge is 0.263 e. The average molecular weight is 287 g/mol. The molecule has 0 radical (unpaired) electrons. The molecule has 1 aliphatic heterocycles. The van der Waals surface area contributed by atoms with Gasteiger partial charge in [-0.05, 0) is 30.0 Å². The third-order valence-electron chi connectivity index (χ3n) is 4.33. The molecule has 0 spiro atoms.